The van der Waals surface area contributed by atoms with Crippen LogP contribution in [0.4, 0.5) is 0 Å². The molecule has 0 saturated carbocycles. The third kappa shape index (κ3) is 3.36. The maximum atomic E-state index is 13.1. The van der Waals surface area contributed by atoms with Gasteiger partial charge in [-0.05, 0) is 18.2 Å². The Morgan fingerprint density at radius 3 is 2.66 bits per heavy atom. The first-order valence-electron chi connectivity index (χ1n) is 8.97. The number of aromatic nitrogens is 4. The molecule has 29 heavy (non-hydrogen) atoms. The standard InChI is InChI=1S/C21H19N5O3/c1-25-12-10-22-19(25)18(14-7-3-4-8-16(14)29-2)24-20(27)15-13-23-17-9-5-6-11-26(17)21(15)28/h3-13,18H,1-2H3,(H,24,27). The molecule has 0 aliphatic heterocycles. The van der Waals surface area contributed by atoms with Gasteiger partial charge in [-0.15, -0.1) is 0 Å². The molecule has 3 heterocycles. The summed E-state index contributed by atoms with van der Waals surface area (Å²) in [5, 5.41) is 2.92. The lowest BCUT2D eigenvalue weighted by molar-refractivity contribution is 0.0938. The Balaban J connectivity index is 1.77. The minimum absolute atomic E-state index is 0.0530. The fourth-order valence-electron chi connectivity index (χ4n) is 3.23. The van der Waals surface area contributed by atoms with Gasteiger partial charge in [-0.2, -0.15) is 0 Å². The van der Waals surface area contributed by atoms with E-state index >= 15 is 0 Å². The van der Waals surface area contributed by atoms with Crippen LogP contribution in [0.5, 0.6) is 5.75 Å². The molecule has 1 N–H and O–H groups in total. The first kappa shape index (κ1) is 18.4. The normalized spacial score (nSPS) is 11.9. The van der Waals surface area contributed by atoms with E-state index in [-0.39, 0.29) is 5.56 Å². The Morgan fingerprint density at radius 1 is 1.10 bits per heavy atom. The predicted molar refractivity (Wildman–Crippen MR) is 107 cm³/mol. The fourth-order valence-corrected chi connectivity index (χ4v) is 3.23. The Hall–Kier alpha value is -3.94. The second-order valence-electron chi connectivity index (χ2n) is 6.45. The van der Waals surface area contributed by atoms with Gasteiger partial charge in [-0.3, -0.25) is 14.0 Å². The lowest BCUT2D eigenvalue weighted by Gasteiger charge is -2.21. The van der Waals surface area contributed by atoms with Gasteiger partial charge in [0.05, 0.1) is 7.11 Å². The van der Waals surface area contributed by atoms with Crippen LogP contribution in [0.2, 0.25) is 0 Å². The van der Waals surface area contributed by atoms with Crippen molar-refractivity contribution in [2.75, 3.05) is 7.11 Å². The van der Waals surface area contributed by atoms with Crippen molar-refractivity contribution in [3.63, 3.8) is 0 Å². The minimum atomic E-state index is -0.616. The largest absolute Gasteiger partial charge is 0.496 e. The number of nitrogens with one attached hydrogen (secondary N) is 1. The van der Waals surface area contributed by atoms with Crippen molar-refractivity contribution < 1.29 is 9.53 Å². The number of rotatable bonds is 5. The summed E-state index contributed by atoms with van der Waals surface area (Å²) >= 11 is 0. The molecule has 1 amide bonds. The monoisotopic (exact) mass is 389 g/mol. The second kappa shape index (κ2) is 7.59. The molecule has 146 valence electrons. The third-order valence-corrected chi connectivity index (χ3v) is 4.70. The summed E-state index contributed by atoms with van der Waals surface area (Å²) in [4.78, 5) is 34.4. The number of carbonyl (C=O) groups is 1. The number of ether oxygens (including phenoxy) is 1. The number of hydrogen-bond acceptors (Lipinski definition) is 5. The quantitative estimate of drug-likeness (QED) is 0.563. The van der Waals surface area contributed by atoms with E-state index in [0.29, 0.717) is 17.2 Å². The summed E-state index contributed by atoms with van der Waals surface area (Å²) in [5.74, 6) is 0.672. The summed E-state index contributed by atoms with van der Waals surface area (Å²) in [7, 11) is 3.40. The van der Waals surface area contributed by atoms with Gasteiger partial charge in [0.1, 0.15) is 28.8 Å². The molecule has 0 bridgehead atoms. The average Bonchev–Trinajstić information content (AvgIpc) is 3.18. The number of aryl methyl sites for hydroxylation is 1. The Bertz CT molecular complexity index is 1240. The molecular formula is C21H19N5O3. The highest BCUT2D eigenvalue weighted by molar-refractivity contribution is 5.94. The summed E-state index contributed by atoms with van der Waals surface area (Å²) in [6.45, 7) is 0. The number of hydrogen-bond donors (Lipinski definition) is 1. The molecule has 1 atom stereocenters. The SMILES string of the molecule is COc1ccccc1C(NC(=O)c1cnc2ccccn2c1=O)c1nccn1C. The van der Waals surface area contributed by atoms with Gasteiger partial charge in [0, 0.05) is 37.4 Å². The maximum Gasteiger partial charge on any atom is 0.270 e. The molecule has 0 aliphatic carbocycles. The highest BCUT2D eigenvalue weighted by Crippen LogP contribution is 2.29. The first-order valence-corrected chi connectivity index (χ1v) is 8.97. The van der Waals surface area contributed by atoms with Crippen LogP contribution in [-0.4, -0.2) is 32.0 Å². The van der Waals surface area contributed by atoms with Gasteiger partial charge in [-0.1, -0.05) is 24.3 Å². The summed E-state index contributed by atoms with van der Waals surface area (Å²) < 4.78 is 8.62. The summed E-state index contributed by atoms with van der Waals surface area (Å²) in [5.41, 5.74) is 0.709. The minimum Gasteiger partial charge on any atom is -0.496 e. The molecule has 0 spiro atoms. The van der Waals surface area contributed by atoms with E-state index < -0.39 is 17.5 Å². The van der Waals surface area contributed by atoms with Gasteiger partial charge in [0.2, 0.25) is 0 Å². The number of fused-ring (bicyclic) bond motifs is 1. The zero-order chi connectivity index (χ0) is 20.4. The number of pyridine rings is 1. The zero-order valence-electron chi connectivity index (χ0n) is 15.9. The molecule has 3 aromatic heterocycles. The summed E-state index contributed by atoms with van der Waals surface area (Å²) in [6, 6.07) is 11.9. The molecule has 0 radical (unpaired) electrons. The lowest BCUT2D eigenvalue weighted by Crippen LogP contribution is -2.35. The topological polar surface area (TPSA) is 90.5 Å². The predicted octanol–water partition coefficient (Wildman–Crippen LogP) is 1.96. The van der Waals surface area contributed by atoms with E-state index in [1.807, 2.05) is 35.9 Å². The van der Waals surface area contributed by atoms with Gasteiger partial charge in [0.25, 0.3) is 11.5 Å². The number of nitrogens with zero attached hydrogens (tertiary/aromatic N) is 4. The molecule has 0 fully saturated rings. The van der Waals surface area contributed by atoms with E-state index in [0.717, 1.165) is 5.56 Å². The highest BCUT2D eigenvalue weighted by Gasteiger charge is 2.25. The smallest absolute Gasteiger partial charge is 0.270 e. The number of imidazole rings is 1. The summed E-state index contributed by atoms with van der Waals surface area (Å²) in [6.07, 6.45) is 6.31. The molecule has 8 nitrogen and oxygen atoms in total. The molecule has 0 aliphatic rings. The number of benzene rings is 1. The molecule has 8 heteroatoms. The maximum absolute atomic E-state index is 13.1. The van der Waals surface area contributed by atoms with Crippen molar-refractivity contribution in [3.8, 4) is 5.75 Å². The van der Waals surface area contributed by atoms with Crippen molar-refractivity contribution in [3.05, 3.63) is 94.6 Å². The molecule has 1 unspecified atom stereocenters. The van der Waals surface area contributed by atoms with E-state index in [2.05, 4.69) is 15.3 Å². The Kier molecular flexibility index (Phi) is 4.82. The zero-order valence-corrected chi connectivity index (χ0v) is 15.9. The lowest BCUT2D eigenvalue weighted by atomic mass is 10.0. The molecule has 0 saturated heterocycles. The van der Waals surface area contributed by atoms with Gasteiger partial charge >= 0.3 is 0 Å². The Morgan fingerprint density at radius 2 is 1.90 bits per heavy atom. The van der Waals surface area contributed by atoms with Crippen LogP contribution in [0.25, 0.3) is 5.65 Å². The van der Waals surface area contributed by atoms with Crippen LogP contribution in [0.3, 0.4) is 0 Å². The van der Waals surface area contributed by atoms with Crippen molar-refractivity contribution in [1.82, 2.24) is 24.3 Å². The molecule has 4 rings (SSSR count). The number of carbonyl (C=O) groups excluding carboxylic acids is 1. The molecule has 1 aromatic carbocycles. The van der Waals surface area contributed by atoms with E-state index in [4.69, 9.17) is 4.74 Å². The van der Waals surface area contributed by atoms with Crippen LogP contribution in [0, 0.1) is 0 Å². The van der Waals surface area contributed by atoms with Crippen LogP contribution >= 0.6 is 0 Å². The Labute approximate surface area is 166 Å². The van der Waals surface area contributed by atoms with Gasteiger partial charge < -0.3 is 14.6 Å². The van der Waals surface area contributed by atoms with E-state index in [9.17, 15) is 9.59 Å². The van der Waals surface area contributed by atoms with Crippen molar-refractivity contribution in [2.45, 2.75) is 6.04 Å². The highest BCUT2D eigenvalue weighted by atomic mass is 16.5. The van der Waals surface area contributed by atoms with Crippen molar-refractivity contribution in [1.29, 1.82) is 0 Å². The molecular weight excluding hydrogens is 370 g/mol. The number of para-hydroxylation sites is 1. The number of methoxy groups -OCH3 is 1. The van der Waals surface area contributed by atoms with Crippen molar-refractivity contribution in [2.24, 2.45) is 7.05 Å². The van der Waals surface area contributed by atoms with Crippen LogP contribution in [0.1, 0.15) is 27.8 Å². The van der Waals surface area contributed by atoms with E-state index in [1.165, 1.54) is 10.6 Å². The number of amides is 1. The third-order valence-electron chi connectivity index (χ3n) is 4.70. The van der Waals surface area contributed by atoms with Crippen LogP contribution < -0.4 is 15.6 Å². The van der Waals surface area contributed by atoms with Gasteiger partial charge in [0.15, 0.2) is 0 Å². The second-order valence-corrected chi connectivity index (χ2v) is 6.45. The van der Waals surface area contributed by atoms with E-state index in [1.54, 1.807) is 43.9 Å². The average molecular weight is 389 g/mol. The van der Waals surface area contributed by atoms with Crippen molar-refractivity contribution >= 4 is 11.6 Å². The fraction of sp³-hybridized carbons (Fsp3) is 0.143. The first-order chi connectivity index (χ1) is 14.1. The van der Waals surface area contributed by atoms with Crippen LogP contribution in [0.15, 0.2) is 72.0 Å². The van der Waals surface area contributed by atoms with Gasteiger partial charge in [-0.25, -0.2) is 9.97 Å². The molecule has 4 aromatic rings. The van der Waals surface area contributed by atoms with Crippen LogP contribution in [-0.2, 0) is 7.05 Å².